The highest BCUT2D eigenvalue weighted by Crippen LogP contribution is 2.15. The molecule has 0 saturated carbocycles. The van der Waals surface area contributed by atoms with E-state index < -0.39 is 0 Å². The van der Waals surface area contributed by atoms with E-state index in [1.165, 1.54) is 5.56 Å². The van der Waals surface area contributed by atoms with Crippen LogP contribution in [0.1, 0.15) is 24.6 Å². The first kappa shape index (κ1) is 13.4. The number of rotatable bonds is 6. The highest BCUT2D eigenvalue weighted by atomic mass is 16.5. The van der Waals surface area contributed by atoms with Gasteiger partial charge in [-0.05, 0) is 43.2 Å². The van der Waals surface area contributed by atoms with Crippen molar-refractivity contribution in [3.8, 4) is 5.75 Å². The third-order valence-corrected chi connectivity index (χ3v) is 2.89. The molecule has 3 heteroatoms. The number of anilines is 1. The number of aromatic nitrogens is 1. The quantitative estimate of drug-likeness (QED) is 0.853. The summed E-state index contributed by atoms with van der Waals surface area (Å²) < 4.78 is 5.56. The molecule has 0 atom stereocenters. The summed E-state index contributed by atoms with van der Waals surface area (Å²) in [6.45, 7) is 5.67. The molecule has 0 radical (unpaired) electrons. The standard InChI is InChI=1S/C16H20N2O/c1-3-11-19-15-8-6-14(7-9-15)12-18-16-5-4-10-17-13(16)2/h4-10,18H,3,11-12H2,1-2H3. The van der Waals surface area contributed by atoms with Crippen LogP contribution in [0, 0.1) is 6.92 Å². The van der Waals surface area contributed by atoms with Gasteiger partial charge in [0, 0.05) is 12.7 Å². The number of pyridine rings is 1. The number of nitrogens with zero attached hydrogens (tertiary/aromatic N) is 1. The predicted octanol–water partition coefficient (Wildman–Crippen LogP) is 3.79. The molecule has 0 unspecified atom stereocenters. The van der Waals surface area contributed by atoms with E-state index in [0.717, 1.165) is 36.7 Å². The molecular formula is C16H20N2O. The largest absolute Gasteiger partial charge is 0.494 e. The molecular weight excluding hydrogens is 236 g/mol. The first-order valence-corrected chi connectivity index (χ1v) is 6.67. The van der Waals surface area contributed by atoms with Crippen LogP contribution in [-0.2, 0) is 6.54 Å². The second kappa shape index (κ2) is 6.78. The van der Waals surface area contributed by atoms with Gasteiger partial charge in [0.1, 0.15) is 5.75 Å². The Morgan fingerprint density at radius 1 is 1.16 bits per heavy atom. The lowest BCUT2D eigenvalue weighted by Crippen LogP contribution is -2.02. The maximum Gasteiger partial charge on any atom is 0.119 e. The van der Waals surface area contributed by atoms with E-state index in [9.17, 15) is 0 Å². The average molecular weight is 256 g/mol. The number of hydrogen-bond donors (Lipinski definition) is 1. The molecule has 100 valence electrons. The maximum absolute atomic E-state index is 5.56. The fourth-order valence-electron chi connectivity index (χ4n) is 1.79. The Labute approximate surface area is 114 Å². The van der Waals surface area contributed by atoms with Crippen LogP contribution >= 0.6 is 0 Å². The minimum atomic E-state index is 0.770. The van der Waals surface area contributed by atoms with Crippen LogP contribution in [0.3, 0.4) is 0 Å². The first-order chi connectivity index (χ1) is 9.29. The van der Waals surface area contributed by atoms with Crippen LogP contribution < -0.4 is 10.1 Å². The SMILES string of the molecule is CCCOc1ccc(CNc2cccnc2C)cc1. The van der Waals surface area contributed by atoms with Crippen molar-refractivity contribution in [2.45, 2.75) is 26.8 Å². The van der Waals surface area contributed by atoms with Gasteiger partial charge < -0.3 is 10.1 Å². The third kappa shape index (κ3) is 3.98. The minimum absolute atomic E-state index is 0.770. The summed E-state index contributed by atoms with van der Waals surface area (Å²) >= 11 is 0. The Balaban J connectivity index is 1.91. The Bertz CT molecular complexity index is 508. The van der Waals surface area contributed by atoms with Crippen molar-refractivity contribution in [3.63, 3.8) is 0 Å². The number of nitrogens with one attached hydrogen (secondary N) is 1. The zero-order valence-corrected chi connectivity index (χ0v) is 11.5. The highest BCUT2D eigenvalue weighted by molar-refractivity contribution is 5.47. The predicted molar refractivity (Wildman–Crippen MR) is 78.5 cm³/mol. The van der Waals surface area contributed by atoms with E-state index in [0.29, 0.717) is 0 Å². The first-order valence-electron chi connectivity index (χ1n) is 6.67. The van der Waals surface area contributed by atoms with Crippen LogP contribution in [-0.4, -0.2) is 11.6 Å². The van der Waals surface area contributed by atoms with E-state index in [1.54, 1.807) is 6.20 Å². The van der Waals surface area contributed by atoms with E-state index in [1.807, 2.05) is 31.2 Å². The van der Waals surface area contributed by atoms with Crippen molar-refractivity contribution >= 4 is 5.69 Å². The molecule has 1 aromatic heterocycles. The van der Waals surface area contributed by atoms with Crippen molar-refractivity contribution in [3.05, 3.63) is 53.9 Å². The molecule has 1 N–H and O–H groups in total. The Morgan fingerprint density at radius 3 is 2.63 bits per heavy atom. The molecule has 2 rings (SSSR count). The van der Waals surface area contributed by atoms with Crippen molar-refractivity contribution < 1.29 is 4.74 Å². The zero-order valence-electron chi connectivity index (χ0n) is 11.5. The van der Waals surface area contributed by atoms with Crippen LogP contribution in [0.25, 0.3) is 0 Å². The van der Waals surface area contributed by atoms with Gasteiger partial charge in [0.2, 0.25) is 0 Å². The third-order valence-electron chi connectivity index (χ3n) is 2.89. The lowest BCUT2D eigenvalue weighted by Gasteiger charge is -2.09. The van der Waals surface area contributed by atoms with Gasteiger partial charge in [0.15, 0.2) is 0 Å². The molecule has 0 spiro atoms. The maximum atomic E-state index is 5.56. The summed E-state index contributed by atoms with van der Waals surface area (Å²) in [4.78, 5) is 4.26. The molecule has 0 amide bonds. The fraction of sp³-hybridized carbons (Fsp3) is 0.312. The molecule has 0 fully saturated rings. The van der Waals surface area contributed by atoms with Gasteiger partial charge in [0.05, 0.1) is 18.0 Å². The van der Waals surface area contributed by atoms with Gasteiger partial charge in [-0.15, -0.1) is 0 Å². The van der Waals surface area contributed by atoms with E-state index in [-0.39, 0.29) is 0 Å². The summed E-state index contributed by atoms with van der Waals surface area (Å²) in [6.07, 6.45) is 2.84. The summed E-state index contributed by atoms with van der Waals surface area (Å²) in [5.41, 5.74) is 3.33. The fourth-order valence-corrected chi connectivity index (χ4v) is 1.79. The smallest absolute Gasteiger partial charge is 0.119 e. The van der Waals surface area contributed by atoms with E-state index >= 15 is 0 Å². The van der Waals surface area contributed by atoms with Crippen molar-refractivity contribution in [1.82, 2.24) is 4.98 Å². The Kier molecular flexibility index (Phi) is 4.78. The molecule has 0 aliphatic carbocycles. The van der Waals surface area contributed by atoms with Gasteiger partial charge in [0.25, 0.3) is 0 Å². The average Bonchev–Trinajstić information content (AvgIpc) is 2.45. The molecule has 0 bridgehead atoms. The van der Waals surface area contributed by atoms with Crippen molar-refractivity contribution in [1.29, 1.82) is 0 Å². The van der Waals surface area contributed by atoms with Gasteiger partial charge in [-0.1, -0.05) is 19.1 Å². The second-order valence-electron chi connectivity index (χ2n) is 4.48. The number of ether oxygens (including phenoxy) is 1. The summed E-state index contributed by atoms with van der Waals surface area (Å²) in [6, 6.07) is 12.2. The summed E-state index contributed by atoms with van der Waals surface area (Å²) in [5.74, 6) is 0.933. The van der Waals surface area contributed by atoms with E-state index in [2.05, 4.69) is 29.4 Å². The number of benzene rings is 1. The summed E-state index contributed by atoms with van der Waals surface area (Å²) in [5, 5.41) is 3.39. The molecule has 3 nitrogen and oxygen atoms in total. The lowest BCUT2D eigenvalue weighted by atomic mass is 10.2. The normalized spacial score (nSPS) is 10.2. The lowest BCUT2D eigenvalue weighted by molar-refractivity contribution is 0.317. The van der Waals surface area contributed by atoms with Crippen LogP contribution in [0.4, 0.5) is 5.69 Å². The highest BCUT2D eigenvalue weighted by Gasteiger charge is 1.99. The van der Waals surface area contributed by atoms with Crippen LogP contribution in [0.15, 0.2) is 42.6 Å². The van der Waals surface area contributed by atoms with Crippen molar-refractivity contribution in [2.75, 3.05) is 11.9 Å². The minimum Gasteiger partial charge on any atom is -0.494 e. The molecule has 0 aliphatic heterocycles. The van der Waals surface area contributed by atoms with Crippen LogP contribution in [0.5, 0.6) is 5.75 Å². The number of hydrogen-bond acceptors (Lipinski definition) is 3. The Hall–Kier alpha value is -2.03. The zero-order chi connectivity index (χ0) is 13.5. The Morgan fingerprint density at radius 2 is 1.95 bits per heavy atom. The molecule has 2 aromatic rings. The molecule has 1 aromatic carbocycles. The topological polar surface area (TPSA) is 34.1 Å². The van der Waals surface area contributed by atoms with Gasteiger partial charge in [-0.2, -0.15) is 0 Å². The van der Waals surface area contributed by atoms with E-state index in [4.69, 9.17) is 4.74 Å². The van der Waals surface area contributed by atoms with Crippen molar-refractivity contribution in [2.24, 2.45) is 0 Å². The molecule has 0 saturated heterocycles. The van der Waals surface area contributed by atoms with Gasteiger partial charge in [-0.3, -0.25) is 4.98 Å². The molecule has 1 heterocycles. The van der Waals surface area contributed by atoms with Gasteiger partial charge in [-0.25, -0.2) is 0 Å². The van der Waals surface area contributed by atoms with Gasteiger partial charge >= 0.3 is 0 Å². The summed E-state index contributed by atoms with van der Waals surface area (Å²) in [7, 11) is 0. The molecule has 0 aliphatic rings. The monoisotopic (exact) mass is 256 g/mol. The second-order valence-corrected chi connectivity index (χ2v) is 4.48. The number of aryl methyl sites for hydroxylation is 1. The van der Waals surface area contributed by atoms with Crippen LogP contribution in [0.2, 0.25) is 0 Å². The molecule has 19 heavy (non-hydrogen) atoms.